The van der Waals surface area contributed by atoms with Crippen molar-refractivity contribution < 1.29 is 22.7 Å². The van der Waals surface area contributed by atoms with E-state index in [1.807, 2.05) is 0 Å². The number of Topliss-reactive ketones (excluding diaryl/α,β-unsaturated/α-hetero) is 1. The Morgan fingerprint density at radius 2 is 2.00 bits per heavy atom. The maximum Gasteiger partial charge on any atom is 0.417 e. The minimum Gasteiger partial charge on any atom is -0.494 e. The zero-order valence-corrected chi connectivity index (χ0v) is 9.39. The number of nitrogen functional groups attached to an aromatic ring is 1. The van der Waals surface area contributed by atoms with Gasteiger partial charge < -0.3 is 10.5 Å². The molecule has 0 saturated heterocycles. The second kappa shape index (κ2) is 4.65. The van der Waals surface area contributed by atoms with Gasteiger partial charge in [0, 0.05) is 11.8 Å². The number of benzene rings is 1. The number of nitrogens with two attached hydrogens (primary N) is 1. The molecule has 6 heteroatoms. The van der Waals surface area contributed by atoms with Gasteiger partial charge in [0.1, 0.15) is 5.75 Å². The van der Waals surface area contributed by atoms with Crippen molar-refractivity contribution in [2.24, 2.45) is 0 Å². The molecule has 0 radical (unpaired) electrons. The number of ether oxygens (including phenoxy) is 1. The SMILES string of the molecule is CCOc1cc(N)c(C(C)=O)c(C(F)(F)F)c1. The third kappa shape index (κ3) is 2.89. The monoisotopic (exact) mass is 247 g/mol. The van der Waals surface area contributed by atoms with E-state index in [-0.39, 0.29) is 18.0 Å². The molecule has 0 bridgehead atoms. The molecule has 0 unspecified atom stereocenters. The molecule has 0 fully saturated rings. The summed E-state index contributed by atoms with van der Waals surface area (Å²) in [5, 5.41) is 0. The Kier molecular flexibility index (Phi) is 3.65. The van der Waals surface area contributed by atoms with E-state index < -0.39 is 23.1 Å². The normalized spacial score (nSPS) is 11.4. The lowest BCUT2D eigenvalue weighted by molar-refractivity contribution is -0.138. The quantitative estimate of drug-likeness (QED) is 0.660. The molecule has 0 aliphatic rings. The van der Waals surface area contributed by atoms with Gasteiger partial charge in [-0.15, -0.1) is 0 Å². The lowest BCUT2D eigenvalue weighted by atomic mass is 10.0. The number of alkyl halides is 3. The first kappa shape index (κ1) is 13.3. The van der Waals surface area contributed by atoms with Gasteiger partial charge in [0.2, 0.25) is 0 Å². The Morgan fingerprint density at radius 3 is 2.41 bits per heavy atom. The molecule has 3 nitrogen and oxygen atoms in total. The smallest absolute Gasteiger partial charge is 0.417 e. The summed E-state index contributed by atoms with van der Waals surface area (Å²) in [6, 6.07) is 2.01. The maximum atomic E-state index is 12.7. The minimum absolute atomic E-state index is 0.00215. The van der Waals surface area contributed by atoms with E-state index in [2.05, 4.69) is 0 Å². The van der Waals surface area contributed by atoms with Crippen LogP contribution >= 0.6 is 0 Å². The number of anilines is 1. The van der Waals surface area contributed by atoms with Crippen LogP contribution in [0.2, 0.25) is 0 Å². The summed E-state index contributed by atoms with van der Waals surface area (Å²) in [5.74, 6) is -0.722. The number of carbonyl (C=O) groups excluding carboxylic acids is 1. The molecule has 0 aromatic heterocycles. The fourth-order valence-electron chi connectivity index (χ4n) is 1.50. The average molecular weight is 247 g/mol. The van der Waals surface area contributed by atoms with Crippen LogP contribution < -0.4 is 10.5 Å². The minimum atomic E-state index is -4.64. The molecule has 0 saturated carbocycles. The van der Waals surface area contributed by atoms with E-state index in [9.17, 15) is 18.0 Å². The molecule has 0 amide bonds. The largest absolute Gasteiger partial charge is 0.494 e. The van der Waals surface area contributed by atoms with Crippen LogP contribution in [0.5, 0.6) is 5.75 Å². The van der Waals surface area contributed by atoms with Crippen molar-refractivity contribution >= 4 is 11.5 Å². The van der Waals surface area contributed by atoms with Crippen LogP contribution in [0.3, 0.4) is 0 Å². The predicted molar refractivity (Wildman–Crippen MR) is 57.0 cm³/mol. The molecule has 0 spiro atoms. The molecule has 1 aromatic carbocycles. The first-order valence-corrected chi connectivity index (χ1v) is 4.91. The Labute approximate surface area is 96.4 Å². The summed E-state index contributed by atoms with van der Waals surface area (Å²) >= 11 is 0. The molecule has 0 atom stereocenters. The third-order valence-corrected chi connectivity index (χ3v) is 2.11. The Morgan fingerprint density at radius 1 is 1.41 bits per heavy atom. The predicted octanol–water partition coefficient (Wildman–Crippen LogP) is 2.89. The van der Waals surface area contributed by atoms with Gasteiger partial charge in [0.25, 0.3) is 0 Å². The van der Waals surface area contributed by atoms with Crippen molar-refractivity contribution in [2.45, 2.75) is 20.0 Å². The van der Waals surface area contributed by atoms with Gasteiger partial charge in [-0.2, -0.15) is 13.2 Å². The van der Waals surface area contributed by atoms with E-state index in [1.165, 1.54) is 6.07 Å². The van der Waals surface area contributed by atoms with Crippen LogP contribution in [0.25, 0.3) is 0 Å². The lowest BCUT2D eigenvalue weighted by Gasteiger charge is -2.15. The fraction of sp³-hybridized carbons (Fsp3) is 0.364. The summed E-state index contributed by atoms with van der Waals surface area (Å²) < 4.78 is 43.2. The highest BCUT2D eigenvalue weighted by Crippen LogP contribution is 2.37. The van der Waals surface area contributed by atoms with Gasteiger partial charge in [0.15, 0.2) is 5.78 Å². The molecule has 0 aliphatic heterocycles. The summed E-state index contributed by atoms with van der Waals surface area (Å²) in [7, 11) is 0. The molecule has 0 heterocycles. The van der Waals surface area contributed by atoms with E-state index in [1.54, 1.807) is 6.92 Å². The molecule has 2 N–H and O–H groups in total. The molecule has 1 aromatic rings. The standard InChI is InChI=1S/C11H12F3NO2/c1-3-17-7-4-8(11(12,13)14)10(6(2)16)9(15)5-7/h4-5H,3,15H2,1-2H3. The van der Waals surface area contributed by atoms with Gasteiger partial charge in [-0.3, -0.25) is 4.79 Å². The molecule has 94 valence electrons. The van der Waals surface area contributed by atoms with Crippen LogP contribution in [-0.4, -0.2) is 12.4 Å². The first-order chi connectivity index (χ1) is 7.77. The fourth-order valence-corrected chi connectivity index (χ4v) is 1.50. The lowest BCUT2D eigenvalue weighted by Crippen LogP contribution is -2.14. The zero-order valence-electron chi connectivity index (χ0n) is 9.39. The van der Waals surface area contributed by atoms with Crippen molar-refractivity contribution in [3.63, 3.8) is 0 Å². The highest BCUT2D eigenvalue weighted by atomic mass is 19.4. The third-order valence-electron chi connectivity index (χ3n) is 2.11. The van der Waals surface area contributed by atoms with Gasteiger partial charge >= 0.3 is 6.18 Å². The number of rotatable bonds is 3. The molecule has 0 aliphatic carbocycles. The van der Waals surface area contributed by atoms with Crippen molar-refractivity contribution in [2.75, 3.05) is 12.3 Å². The maximum absolute atomic E-state index is 12.7. The second-order valence-corrected chi connectivity index (χ2v) is 3.42. The highest BCUT2D eigenvalue weighted by molar-refractivity contribution is 6.01. The van der Waals surface area contributed by atoms with Crippen LogP contribution in [-0.2, 0) is 6.18 Å². The van der Waals surface area contributed by atoms with Crippen molar-refractivity contribution in [3.8, 4) is 5.75 Å². The van der Waals surface area contributed by atoms with Gasteiger partial charge in [0.05, 0.1) is 17.7 Å². The molecular weight excluding hydrogens is 235 g/mol. The van der Waals surface area contributed by atoms with Crippen molar-refractivity contribution in [1.29, 1.82) is 0 Å². The zero-order chi connectivity index (χ0) is 13.2. The number of halogens is 3. The van der Waals surface area contributed by atoms with Crippen LogP contribution in [0.4, 0.5) is 18.9 Å². The van der Waals surface area contributed by atoms with Gasteiger partial charge in [-0.25, -0.2) is 0 Å². The van der Waals surface area contributed by atoms with E-state index in [4.69, 9.17) is 10.5 Å². The summed E-state index contributed by atoms with van der Waals surface area (Å²) in [5.41, 5.74) is 3.65. The van der Waals surface area contributed by atoms with Crippen LogP contribution in [0, 0.1) is 0 Å². The molecule has 1 rings (SSSR count). The topological polar surface area (TPSA) is 52.3 Å². The first-order valence-electron chi connectivity index (χ1n) is 4.91. The number of hydrogen-bond donors (Lipinski definition) is 1. The van der Waals surface area contributed by atoms with E-state index in [0.717, 1.165) is 13.0 Å². The van der Waals surface area contributed by atoms with Crippen molar-refractivity contribution in [3.05, 3.63) is 23.3 Å². The summed E-state index contributed by atoms with van der Waals surface area (Å²) in [6.45, 7) is 2.90. The number of ketones is 1. The van der Waals surface area contributed by atoms with Gasteiger partial charge in [-0.1, -0.05) is 0 Å². The average Bonchev–Trinajstić information content (AvgIpc) is 2.15. The van der Waals surface area contributed by atoms with Crippen LogP contribution in [0.15, 0.2) is 12.1 Å². The highest BCUT2D eigenvalue weighted by Gasteiger charge is 2.36. The Balaban J connectivity index is 3.45. The molecular formula is C11H12F3NO2. The Hall–Kier alpha value is -1.72. The Bertz CT molecular complexity index is 441. The van der Waals surface area contributed by atoms with E-state index >= 15 is 0 Å². The summed E-state index contributed by atoms with van der Waals surface area (Å²) in [6.07, 6.45) is -4.64. The summed E-state index contributed by atoms with van der Waals surface area (Å²) in [4.78, 5) is 11.2. The van der Waals surface area contributed by atoms with Crippen LogP contribution in [0.1, 0.15) is 29.8 Å². The number of carbonyl (C=O) groups is 1. The number of hydrogen-bond acceptors (Lipinski definition) is 3. The molecule has 17 heavy (non-hydrogen) atoms. The second-order valence-electron chi connectivity index (χ2n) is 3.42. The van der Waals surface area contributed by atoms with Gasteiger partial charge in [-0.05, 0) is 19.9 Å². The van der Waals surface area contributed by atoms with Crippen molar-refractivity contribution in [1.82, 2.24) is 0 Å². The van der Waals surface area contributed by atoms with E-state index in [0.29, 0.717) is 0 Å².